The van der Waals surface area contributed by atoms with Gasteiger partial charge in [0.05, 0.1) is 79.0 Å². The summed E-state index contributed by atoms with van der Waals surface area (Å²) in [6.45, 7) is 3.65. The van der Waals surface area contributed by atoms with Crippen LogP contribution in [0, 0.1) is 11.8 Å². The second-order valence-corrected chi connectivity index (χ2v) is 40.3. The minimum atomic E-state index is -0.988. The van der Waals surface area contributed by atoms with Crippen LogP contribution in [0.4, 0.5) is 29.1 Å². The van der Waals surface area contributed by atoms with Gasteiger partial charge in [-0.15, -0.1) is 11.3 Å². The van der Waals surface area contributed by atoms with Gasteiger partial charge >= 0.3 is 29.8 Å². The number of para-hydroxylation sites is 1. The number of halogens is 2. The molecule has 16 aromatic heterocycles. The first-order valence-electron chi connectivity index (χ1n) is 47.5. The molecule has 6 unspecified atom stereocenters. The van der Waals surface area contributed by atoms with E-state index >= 15 is 0 Å². The lowest BCUT2D eigenvalue weighted by Crippen LogP contribution is -2.50. The van der Waals surface area contributed by atoms with Crippen molar-refractivity contribution in [2.75, 3.05) is 48.3 Å². The molecule has 3 amide bonds. The number of hydrogen-bond donors (Lipinski definition) is 10. The molecule has 750 valence electrons. The molecule has 0 bridgehead atoms. The van der Waals surface area contributed by atoms with Gasteiger partial charge in [0, 0.05) is 238 Å². The van der Waals surface area contributed by atoms with Gasteiger partial charge in [-0.05, 0) is 176 Å². The highest BCUT2D eigenvalue weighted by molar-refractivity contribution is 9.11. The zero-order chi connectivity index (χ0) is 102. The summed E-state index contributed by atoms with van der Waals surface area (Å²) in [6.07, 6.45) is 36.2. The fraction of sp³-hybridized carbons (Fsp3) is 0.337. The van der Waals surface area contributed by atoms with Crippen molar-refractivity contribution in [3.05, 3.63) is 219 Å². The fourth-order valence-corrected chi connectivity index (χ4v) is 22.3. The van der Waals surface area contributed by atoms with E-state index in [0.717, 1.165) is 138 Å². The van der Waals surface area contributed by atoms with Crippen molar-refractivity contribution in [1.82, 2.24) is 111 Å². The normalized spacial score (nSPS) is 19.6. The van der Waals surface area contributed by atoms with Crippen LogP contribution in [0.15, 0.2) is 186 Å². The Morgan fingerprint density at radius 2 is 0.752 bits per heavy atom. The van der Waals surface area contributed by atoms with Gasteiger partial charge < -0.3 is 87.2 Å². The summed E-state index contributed by atoms with van der Waals surface area (Å²) in [4.78, 5) is 128. The van der Waals surface area contributed by atoms with Crippen molar-refractivity contribution >= 4 is 159 Å². The van der Waals surface area contributed by atoms with E-state index in [-0.39, 0.29) is 72.7 Å². The summed E-state index contributed by atoms with van der Waals surface area (Å²) in [5.41, 5.74) is 49.2. The number of carboxylic acid groups (broad SMARTS) is 5. The number of carbonyl (C=O) groups is 8. The third-order valence-corrected chi connectivity index (χ3v) is 30.6. The molecule has 5 aliphatic rings. The second kappa shape index (κ2) is 41.7. The Bertz CT molecular complexity index is 7830. The fourth-order valence-electron chi connectivity index (χ4n) is 20.5. The molecule has 5 fully saturated rings. The Labute approximate surface area is 849 Å². The van der Waals surface area contributed by atoms with E-state index in [4.69, 9.17) is 58.7 Å². The third kappa shape index (κ3) is 20.6. The van der Waals surface area contributed by atoms with Crippen LogP contribution in [0.3, 0.4) is 0 Å². The van der Waals surface area contributed by atoms with E-state index in [0.29, 0.717) is 131 Å². The van der Waals surface area contributed by atoms with Crippen LogP contribution < -0.4 is 28.7 Å². The van der Waals surface area contributed by atoms with Crippen molar-refractivity contribution < 1.29 is 63.9 Å². The highest BCUT2D eigenvalue weighted by Crippen LogP contribution is 2.45. The van der Waals surface area contributed by atoms with Crippen LogP contribution in [-0.2, 0) is 61.8 Å². The van der Waals surface area contributed by atoms with Crippen LogP contribution in [0.1, 0.15) is 178 Å². The molecule has 17 aromatic rings. The number of hydrogen-bond acceptors (Lipinski definition) is 25. The molecular weight excluding hydrogens is 2010 g/mol. The summed E-state index contributed by atoms with van der Waals surface area (Å²) in [7, 11) is 7.82. The predicted octanol–water partition coefficient (Wildman–Crippen LogP) is 14.3. The van der Waals surface area contributed by atoms with Crippen LogP contribution in [0.5, 0.6) is 0 Å². The number of nitrogens with two attached hydrogens (primary N) is 5. The summed E-state index contributed by atoms with van der Waals surface area (Å²) in [6, 6.07) is 24.5. The number of thiophene rings is 1. The molecule has 41 nitrogen and oxygen atoms in total. The lowest BCUT2D eigenvalue weighted by atomic mass is 9.79. The highest BCUT2D eigenvalue weighted by atomic mass is 79.9. The molecule has 6 atom stereocenters. The maximum absolute atomic E-state index is 13.0. The Balaban J connectivity index is 0.000000119. The van der Waals surface area contributed by atoms with E-state index in [9.17, 15) is 58.8 Å². The molecule has 0 spiro atoms. The number of nitrogen functional groups attached to an aromatic ring is 5. The van der Waals surface area contributed by atoms with Crippen molar-refractivity contribution in [1.29, 1.82) is 0 Å². The molecule has 145 heavy (non-hydrogen) atoms. The minimum absolute atomic E-state index is 0.0784. The van der Waals surface area contributed by atoms with E-state index < -0.39 is 48.0 Å². The molecular formula is C101H108Br2N28O13S. The summed E-state index contributed by atoms with van der Waals surface area (Å²) in [5, 5.41) is 71.6. The molecule has 1 aromatic carbocycles. The lowest BCUT2D eigenvalue weighted by Gasteiger charge is -2.37. The minimum Gasteiger partial charge on any atom is -0.481 e. The van der Waals surface area contributed by atoms with Gasteiger partial charge in [0.15, 0.2) is 28.2 Å². The zero-order valence-electron chi connectivity index (χ0n) is 80.1. The van der Waals surface area contributed by atoms with Crippen LogP contribution in [-0.4, -0.2) is 222 Å². The molecule has 0 radical (unpaired) electrons. The molecule has 19 heterocycles. The number of carbonyl (C=O) groups excluding carboxylic acids is 3. The monoisotopic (exact) mass is 2110 g/mol. The summed E-state index contributed by atoms with van der Waals surface area (Å²) >= 11 is 8.45. The lowest BCUT2D eigenvalue weighted by molar-refractivity contribution is -0.151. The number of pyridine rings is 1. The second-order valence-electron chi connectivity index (χ2n) is 37.7. The van der Waals surface area contributed by atoms with Gasteiger partial charge in [-0.25, -0.2) is 39.3 Å². The number of piperidine rings is 3. The van der Waals surface area contributed by atoms with Crippen LogP contribution >= 0.6 is 43.2 Å². The van der Waals surface area contributed by atoms with Crippen LogP contribution in [0.25, 0.3) is 94.8 Å². The van der Waals surface area contributed by atoms with E-state index in [1.54, 1.807) is 71.6 Å². The van der Waals surface area contributed by atoms with Gasteiger partial charge in [0.1, 0.15) is 47.2 Å². The van der Waals surface area contributed by atoms with Crippen molar-refractivity contribution in [3.63, 3.8) is 0 Å². The van der Waals surface area contributed by atoms with Gasteiger partial charge in [0.2, 0.25) is 11.8 Å². The first kappa shape index (κ1) is 99.4. The van der Waals surface area contributed by atoms with Gasteiger partial charge in [-0.3, -0.25) is 29.0 Å². The largest absolute Gasteiger partial charge is 0.481 e. The van der Waals surface area contributed by atoms with Gasteiger partial charge in [-0.1, -0.05) is 24.3 Å². The Morgan fingerprint density at radius 3 is 1.14 bits per heavy atom. The first-order chi connectivity index (χ1) is 69.6. The number of fused-ring (bicyclic) bond motifs is 6. The standard InChI is InChI=1S/C22H20BrN5O2.C22H22N6O3S.C19H21BrN6O3.C19H22N6O3.C19H23N5O2/c23-18-19(12-5-7-13(8-6-12)22(29)30)27-21-16(11-26-28(21)20(18)24)15-9-14-3-1-2-4-17(14)25-10-15;1-26-7-6-13(11-26)15-10-24-28-19(23)9-16(25-20(15)28)14-4-5-17(22(30)31)27(12-14)21(29)18-3-2-8-32-18;1-10(27)25-9-12(3-4-14(25)19(28)29)16-15(20)17(21)26-18(23-16)13(7-22-26)11-5-6-24(2)8-11;1-11(26)24-10-13(3-4-16(24)19(27)28)15-7-17(20)25-18(22-15)14(8-21-25)12-5-6-23(2)9-12;1-23-7-6-14(11-23)15-10-21-24-17(20)9-16(22-19(15)24)13-4-2-12(3-5-13)8-18(25)26/h1-4,9-13H,5-8,24H2,(H,29,30);2-3,6-11,14,17H,4-5,12,23H2,1H3,(H,30,31);5-8,12,14H,3-4,9,21H2,1-2H3,(H,28,29);5-9,13,16H,3-4,10,20H2,1-2H3,(H,27,28);6-7,9-13H,2-5,8,20H2,1H3,(H,25,26). The number of carboxylic acids is 5. The Morgan fingerprint density at radius 1 is 0.386 bits per heavy atom. The van der Waals surface area contributed by atoms with E-state index in [2.05, 4.69) is 68.4 Å². The van der Waals surface area contributed by atoms with E-state index in [1.807, 2.05) is 168 Å². The van der Waals surface area contributed by atoms with Crippen LogP contribution in [0.2, 0.25) is 0 Å². The summed E-state index contributed by atoms with van der Waals surface area (Å²) in [5.74, 6) is -2.57. The topological polar surface area (TPSA) is 561 Å². The highest BCUT2D eigenvalue weighted by Gasteiger charge is 2.42. The molecule has 3 aliphatic heterocycles. The number of aromatic nitrogens is 20. The Hall–Kier alpha value is -15.7. The van der Waals surface area contributed by atoms with Crippen molar-refractivity contribution in [3.8, 4) is 55.6 Å². The number of nitrogens with zero attached hydrogens (tertiary/aromatic N) is 23. The predicted molar refractivity (Wildman–Crippen MR) is 550 cm³/mol. The molecule has 2 saturated carbocycles. The quantitative estimate of drug-likeness (QED) is 0.0405. The van der Waals surface area contributed by atoms with E-state index in [1.165, 1.54) is 39.9 Å². The van der Waals surface area contributed by atoms with Gasteiger partial charge in [0.25, 0.3) is 5.91 Å². The van der Waals surface area contributed by atoms with Crippen molar-refractivity contribution in [2.45, 2.75) is 158 Å². The average Bonchev–Trinajstić information content (AvgIpc) is 1.67. The molecule has 44 heteroatoms. The molecule has 3 saturated heterocycles. The number of aryl methyl sites for hydroxylation is 4. The average molecular weight is 2110 g/mol. The third-order valence-electron chi connectivity index (χ3n) is 28.1. The van der Waals surface area contributed by atoms with Gasteiger partial charge in [-0.2, -0.15) is 48.1 Å². The maximum Gasteiger partial charge on any atom is 0.326 e. The number of anilines is 5. The van der Waals surface area contributed by atoms with Crippen molar-refractivity contribution in [2.24, 2.45) is 40.0 Å². The summed E-state index contributed by atoms with van der Waals surface area (Å²) < 4.78 is 17.3. The molecule has 22 rings (SSSR count). The number of aliphatic carboxylic acids is 5. The number of benzene rings is 1. The maximum atomic E-state index is 13.0. The SMILES string of the molecule is CC(=O)N1CC(c2cc(N)n3ncc(-c4ccn(C)c4)c3n2)CCC1C(=O)O.CC(=O)N1CC(c2nc3c(-c4ccn(C)c4)cnn3c(N)c2Br)CCC1C(=O)O.Cn1ccc(-c2cnn3c(N)cc(C4CCC(C(=O)O)N(C(=O)c5cccs5)C4)nc23)c1.Cn1ccc(-c2cnn3c(N)cc(C4CCC(CC(=O)O)CC4)nc23)c1.Nc1c(Br)c(C2CCC(C(=O)O)CC2)nc2c(-c3cnc4ccccc4c3)cnn12. The number of rotatable bonds is 17. The molecule has 15 N–H and O–H groups in total. The number of likely N-dealkylation sites (tertiary alicyclic amines) is 3. The Kier molecular flexibility index (Phi) is 28.6. The smallest absolute Gasteiger partial charge is 0.326 e. The first-order valence-corrected chi connectivity index (χ1v) is 50.0. The zero-order valence-corrected chi connectivity index (χ0v) is 84.1. The molecule has 2 aliphatic carbocycles. The number of amides is 3.